The molecule has 31 heavy (non-hydrogen) atoms. The van der Waals surface area contributed by atoms with E-state index in [2.05, 4.69) is 4.99 Å². The molecule has 0 saturated carbocycles. The van der Waals surface area contributed by atoms with E-state index >= 15 is 0 Å². The zero-order chi connectivity index (χ0) is 22.0. The van der Waals surface area contributed by atoms with Gasteiger partial charge in [-0.25, -0.2) is 0 Å². The summed E-state index contributed by atoms with van der Waals surface area (Å²) < 4.78 is 30.1. The van der Waals surface area contributed by atoms with Crippen LogP contribution in [0.4, 0.5) is 0 Å². The van der Waals surface area contributed by atoms with Crippen molar-refractivity contribution in [2.24, 2.45) is 4.99 Å². The second-order valence-corrected chi connectivity index (χ2v) is 7.56. The number of hydrogen-bond donors (Lipinski definition) is 0. The van der Waals surface area contributed by atoms with E-state index in [1.54, 1.807) is 40.6 Å². The normalized spacial score (nSPS) is 11.9. The predicted octanol–water partition coefficient (Wildman–Crippen LogP) is 3.86. The maximum absolute atomic E-state index is 13.0. The highest BCUT2D eigenvalue weighted by Gasteiger charge is 2.18. The fourth-order valence-electron chi connectivity index (χ4n) is 3.37. The number of carbonyl (C=O) groups excluding carboxylic acids is 1. The lowest BCUT2D eigenvalue weighted by Gasteiger charge is -2.09. The molecule has 162 valence electrons. The topological polar surface area (TPSA) is 84.4 Å². The summed E-state index contributed by atoms with van der Waals surface area (Å²) in [6, 6.07) is 10.8. The first-order chi connectivity index (χ1) is 15.1. The Morgan fingerprint density at radius 2 is 1.77 bits per heavy atom. The number of nitrogens with zero attached hydrogens (tertiary/aromatic N) is 2. The van der Waals surface area contributed by atoms with Gasteiger partial charge in [0, 0.05) is 19.0 Å². The molecule has 0 saturated heterocycles. The number of methoxy groups -OCH3 is 4. The summed E-state index contributed by atoms with van der Waals surface area (Å²) in [6.45, 7) is 0.926. The Morgan fingerprint density at radius 3 is 2.48 bits per heavy atom. The van der Waals surface area contributed by atoms with Gasteiger partial charge in [0.15, 0.2) is 21.9 Å². The molecule has 0 unspecified atom stereocenters. The summed E-state index contributed by atoms with van der Waals surface area (Å²) in [5.41, 5.74) is 1.30. The molecule has 0 aliphatic heterocycles. The van der Waals surface area contributed by atoms with Crippen LogP contribution in [0.15, 0.2) is 45.8 Å². The quantitative estimate of drug-likeness (QED) is 0.432. The molecule has 2 aromatic carbocycles. The lowest BCUT2D eigenvalue weighted by atomic mass is 10.2. The van der Waals surface area contributed by atoms with Crippen molar-refractivity contribution in [3.8, 4) is 17.2 Å². The molecule has 2 heterocycles. The van der Waals surface area contributed by atoms with Gasteiger partial charge in [-0.1, -0.05) is 23.5 Å². The molecule has 0 atom stereocenters. The maximum atomic E-state index is 13.0. The van der Waals surface area contributed by atoms with Crippen LogP contribution in [0.5, 0.6) is 17.2 Å². The van der Waals surface area contributed by atoms with Crippen LogP contribution in [0.25, 0.3) is 21.2 Å². The number of aromatic nitrogens is 1. The van der Waals surface area contributed by atoms with Crippen molar-refractivity contribution in [2.75, 3.05) is 35.0 Å². The lowest BCUT2D eigenvalue weighted by molar-refractivity contribution is 0.0973. The summed E-state index contributed by atoms with van der Waals surface area (Å²) in [5.74, 6) is 1.53. The van der Waals surface area contributed by atoms with E-state index in [1.165, 1.54) is 11.3 Å². The number of hydrogen-bond acceptors (Lipinski definition) is 7. The van der Waals surface area contributed by atoms with Crippen LogP contribution >= 0.6 is 11.3 Å². The molecule has 0 aliphatic carbocycles. The van der Waals surface area contributed by atoms with Gasteiger partial charge in [-0.05, 0) is 24.3 Å². The van der Waals surface area contributed by atoms with E-state index in [9.17, 15) is 4.79 Å². The third-order valence-electron chi connectivity index (χ3n) is 4.85. The summed E-state index contributed by atoms with van der Waals surface area (Å²) >= 11 is 1.34. The number of amides is 1. The van der Waals surface area contributed by atoms with Gasteiger partial charge in [0.1, 0.15) is 21.7 Å². The number of carbonyl (C=O) groups is 1. The number of furan rings is 1. The fourth-order valence-corrected chi connectivity index (χ4v) is 4.54. The van der Waals surface area contributed by atoms with Crippen molar-refractivity contribution in [3.05, 3.63) is 47.0 Å². The van der Waals surface area contributed by atoms with Gasteiger partial charge in [-0.15, -0.1) is 0 Å². The molecule has 8 nitrogen and oxygen atoms in total. The number of thiazole rings is 1. The second kappa shape index (κ2) is 8.83. The maximum Gasteiger partial charge on any atom is 0.315 e. The fraction of sp³-hybridized carbons (Fsp3) is 0.273. The van der Waals surface area contributed by atoms with Gasteiger partial charge in [-0.3, -0.25) is 4.79 Å². The van der Waals surface area contributed by atoms with Crippen LogP contribution in [-0.4, -0.2) is 45.5 Å². The van der Waals surface area contributed by atoms with Crippen LogP contribution in [0.3, 0.4) is 0 Å². The molecule has 2 aromatic heterocycles. The average molecular weight is 442 g/mol. The van der Waals surface area contributed by atoms with Crippen molar-refractivity contribution >= 4 is 38.4 Å². The molecule has 0 aliphatic rings. The summed E-state index contributed by atoms with van der Waals surface area (Å²) in [5, 5.41) is 0.768. The minimum Gasteiger partial charge on any atom is -0.495 e. The number of ether oxygens (including phenoxy) is 4. The highest BCUT2D eigenvalue weighted by molar-refractivity contribution is 7.16. The molecule has 4 aromatic rings. The van der Waals surface area contributed by atoms with Crippen LogP contribution in [-0.2, 0) is 11.3 Å². The second-order valence-electron chi connectivity index (χ2n) is 6.58. The highest BCUT2D eigenvalue weighted by atomic mass is 32.1. The summed E-state index contributed by atoms with van der Waals surface area (Å²) in [7, 11) is 6.38. The smallest absolute Gasteiger partial charge is 0.315 e. The van der Waals surface area contributed by atoms with E-state index in [4.69, 9.17) is 23.4 Å². The molecular weight excluding hydrogens is 420 g/mol. The van der Waals surface area contributed by atoms with Gasteiger partial charge in [0.25, 0.3) is 0 Å². The first kappa shape index (κ1) is 21.0. The van der Waals surface area contributed by atoms with Crippen molar-refractivity contribution in [1.29, 1.82) is 0 Å². The third-order valence-corrected chi connectivity index (χ3v) is 5.94. The molecular formula is C22H22N2O6S. The number of fused-ring (bicyclic) bond motifs is 2. The van der Waals surface area contributed by atoms with Crippen LogP contribution in [0, 0.1) is 0 Å². The average Bonchev–Trinajstić information content (AvgIpc) is 3.38. The summed E-state index contributed by atoms with van der Waals surface area (Å²) in [4.78, 5) is 17.8. The van der Waals surface area contributed by atoms with Crippen molar-refractivity contribution < 1.29 is 28.2 Å². The Labute approximate surface area is 182 Å². The number of rotatable bonds is 7. The minimum atomic E-state index is -0.492. The van der Waals surface area contributed by atoms with Gasteiger partial charge in [0.05, 0.1) is 27.9 Å². The van der Waals surface area contributed by atoms with Crippen molar-refractivity contribution in [1.82, 2.24) is 4.57 Å². The monoisotopic (exact) mass is 442 g/mol. The van der Waals surface area contributed by atoms with Crippen molar-refractivity contribution in [2.45, 2.75) is 6.54 Å². The Kier molecular flexibility index (Phi) is 5.97. The zero-order valence-corrected chi connectivity index (χ0v) is 18.4. The molecule has 0 spiro atoms. The van der Waals surface area contributed by atoms with E-state index in [-0.39, 0.29) is 5.76 Å². The Hall–Kier alpha value is -3.30. The van der Waals surface area contributed by atoms with Gasteiger partial charge in [-0.2, -0.15) is 4.99 Å². The van der Waals surface area contributed by atoms with Gasteiger partial charge in [0.2, 0.25) is 0 Å². The van der Waals surface area contributed by atoms with E-state index in [1.807, 2.05) is 28.8 Å². The molecule has 1 amide bonds. The first-order valence-corrected chi connectivity index (χ1v) is 10.3. The van der Waals surface area contributed by atoms with Gasteiger partial charge >= 0.3 is 5.91 Å². The lowest BCUT2D eigenvalue weighted by Crippen LogP contribution is -2.19. The Bertz CT molecular complexity index is 1320. The van der Waals surface area contributed by atoms with Crippen LogP contribution in [0.2, 0.25) is 0 Å². The van der Waals surface area contributed by atoms with E-state index in [0.717, 1.165) is 15.6 Å². The Balaban J connectivity index is 1.89. The molecule has 0 N–H and O–H groups in total. The van der Waals surface area contributed by atoms with Gasteiger partial charge < -0.3 is 27.9 Å². The minimum absolute atomic E-state index is 0.133. The van der Waals surface area contributed by atoms with E-state index in [0.29, 0.717) is 40.8 Å². The van der Waals surface area contributed by atoms with Crippen molar-refractivity contribution in [3.63, 3.8) is 0 Å². The summed E-state index contributed by atoms with van der Waals surface area (Å²) in [6.07, 6.45) is 0. The Morgan fingerprint density at radius 1 is 1.03 bits per heavy atom. The van der Waals surface area contributed by atoms with Crippen LogP contribution < -0.4 is 19.0 Å². The van der Waals surface area contributed by atoms with E-state index < -0.39 is 5.91 Å². The number of benzene rings is 2. The number of para-hydroxylation sites is 1. The molecule has 0 bridgehead atoms. The molecule has 0 fully saturated rings. The SMILES string of the molecule is COCCn1c(=NC(=O)c2cc3cccc(OC)c3o2)sc2c(OC)ccc(OC)c21. The molecule has 0 radical (unpaired) electrons. The standard InChI is InChI=1S/C22H22N2O6S/c1-26-11-10-24-18-14(27-2)8-9-16(29-4)20(18)31-22(24)23-21(25)17-12-13-6-5-7-15(28-3)19(13)30-17/h5-9,12H,10-11H2,1-4H3. The zero-order valence-electron chi connectivity index (χ0n) is 17.6. The largest absolute Gasteiger partial charge is 0.495 e. The predicted molar refractivity (Wildman–Crippen MR) is 117 cm³/mol. The highest BCUT2D eigenvalue weighted by Crippen LogP contribution is 2.35. The first-order valence-electron chi connectivity index (χ1n) is 9.50. The molecule has 4 rings (SSSR count). The third kappa shape index (κ3) is 3.77. The van der Waals surface area contributed by atoms with Crippen LogP contribution in [0.1, 0.15) is 10.6 Å². The molecule has 9 heteroatoms.